The van der Waals surface area contributed by atoms with E-state index in [1.54, 1.807) is 17.8 Å². The van der Waals surface area contributed by atoms with Gasteiger partial charge in [-0.3, -0.25) is 9.59 Å². The first-order valence-corrected chi connectivity index (χ1v) is 9.91. The highest BCUT2D eigenvalue weighted by atomic mass is 32.2. The molecule has 0 spiro atoms. The zero-order valence-corrected chi connectivity index (χ0v) is 16.2. The smallest absolute Gasteiger partial charge is 0.308 e. The maximum Gasteiger partial charge on any atom is 0.308 e. The molecule has 26 heavy (non-hydrogen) atoms. The summed E-state index contributed by atoms with van der Waals surface area (Å²) in [5, 5.41) is 12.4. The van der Waals surface area contributed by atoms with Crippen LogP contribution in [0.2, 0.25) is 0 Å². The van der Waals surface area contributed by atoms with Crippen molar-refractivity contribution < 1.29 is 19.4 Å². The Balaban J connectivity index is 1.99. The minimum atomic E-state index is -0.858. The summed E-state index contributed by atoms with van der Waals surface area (Å²) in [5.74, 6) is -0.809. The Morgan fingerprint density at radius 1 is 1.31 bits per heavy atom. The Hall–Kier alpha value is -1.79. The number of carbonyl (C=O) groups is 2. The van der Waals surface area contributed by atoms with Gasteiger partial charge in [-0.15, -0.1) is 11.8 Å². The molecular formula is C20H27NO4S. The van der Waals surface area contributed by atoms with Crippen LogP contribution in [0.1, 0.15) is 37.0 Å². The topological polar surface area (TPSA) is 75.6 Å². The van der Waals surface area contributed by atoms with Crippen molar-refractivity contribution in [2.24, 2.45) is 11.8 Å². The maximum absolute atomic E-state index is 12.6. The van der Waals surface area contributed by atoms with Crippen molar-refractivity contribution in [2.45, 2.75) is 31.6 Å². The molecule has 1 atom stereocenters. The van der Waals surface area contributed by atoms with Crippen molar-refractivity contribution in [1.82, 2.24) is 5.32 Å². The third-order valence-electron chi connectivity index (χ3n) is 4.50. The first-order valence-electron chi connectivity index (χ1n) is 8.93. The molecule has 1 aromatic rings. The summed E-state index contributed by atoms with van der Waals surface area (Å²) in [7, 11) is 0. The van der Waals surface area contributed by atoms with Crippen molar-refractivity contribution >= 4 is 23.6 Å². The maximum atomic E-state index is 12.6. The number of benzene rings is 1. The predicted molar refractivity (Wildman–Crippen MR) is 104 cm³/mol. The minimum Gasteiger partial charge on any atom is -0.481 e. The molecule has 1 aliphatic rings. The van der Waals surface area contributed by atoms with Gasteiger partial charge >= 0.3 is 5.97 Å². The number of carbonyl (C=O) groups excluding carboxylic acids is 1. The van der Waals surface area contributed by atoms with Crippen LogP contribution in [0.5, 0.6) is 0 Å². The van der Waals surface area contributed by atoms with Crippen LogP contribution in [0.4, 0.5) is 0 Å². The highest BCUT2D eigenvalue weighted by Crippen LogP contribution is 2.25. The number of thioether (sulfide) groups is 1. The molecule has 1 unspecified atom stereocenters. The van der Waals surface area contributed by atoms with Gasteiger partial charge in [-0.25, -0.2) is 0 Å². The van der Waals surface area contributed by atoms with Crippen LogP contribution in [-0.4, -0.2) is 42.5 Å². The SMILES string of the molecule is CC(C)=CCSc1ccccc1C(=O)NCC(C(=O)O)C1CCOCC1. The Morgan fingerprint density at radius 2 is 2.00 bits per heavy atom. The number of amides is 1. The number of carboxylic acids is 1. The number of ether oxygens (including phenoxy) is 1. The van der Waals surface area contributed by atoms with E-state index in [2.05, 4.69) is 11.4 Å². The van der Waals surface area contributed by atoms with E-state index in [4.69, 9.17) is 4.74 Å². The van der Waals surface area contributed by atoms with Crippen LogP contribution in [-0.2, 0) is 9.53 Å². The lowest BCUT2D eigenvalue weighted by Gasteiger charge is -2.27. The molecule has 1 fully saturated rings. The second-order valence-electron chi connectivity index (χ2n) is 6.69. The number of hydrogen-bond acceptors (Lipinski definition) is 4. The van der Waals surface area contributed by atoms with E-state index in [1.807, 2.05) is 32.0 Å². The lowest BCUT2D eigenvalue weighted by atomic mass is 9.86. The highest BCUT2D eigenvalue weighted by molar-refractivity contribution is 7.99. The first-order chi connectivity index (χ1) is 12.5. The molecule has 1 aliphatic heterocycles. The van der Waals surface area contributed by atoms with Gasteiger partial charge in [0, 0.05) is 30.4 Å². The van der Waals surface area contributed by atoms with E-state index in [1.165, 1.54) is 5.57 Å². The fraction of sp³-hybridized carbons (Fsp3) is 0.500. The Labute approximate surface area is 159 Å². The van der Waals surface area contributed by atoms with Crippen molar-refractivity contribution in [1.29, 1.82) is 0 Å². The van der Waals surface area contributed by atoms with Gasteiger partial charge in [0.2, 0.25) is 0 Å². The van der Waals surface area contributed by atoms with E-state index in [-0.39, 0.29) is 18.4 Å². The quantitative estimate of drug-likeness (QED) is 0.535. The molecule has 0 radical (unpaired) electrons. The molecule has 2 rings (SSSR count). The third kappa shape index (κ3) is 6.18. The second kappa shape index (κ2) is 10.4. The van der Waals surface area contributed by atoms with Gasteiger partial charge in [0.05, 0.1) is 11.5 Å². The van der Waals surface area contributed by atoms with Gasteiger partial charge in [0.15, 0.2) is 0 Å². The minimum absolute atomic E-state index is 0.0452. The summed E-state index contributed by atoms with van der Waals surface area (Å²) in [4.78, 5) is 25.1. The van der Waals surface area contributed by atoms with Crippen molar-refractivity contribution in [2.75, 3.05) is 25.5 Å². The van der Waals surface area contributed by atoms with Crippen LogP contribution in [0, 0.1) is 11.8 Å². The fourth-order valence-corrected chi connectivity index (χ4v) is 4.04. The Morgan fingerprint density at radius 3 is 2.65 bits per heavy atom. The average molecular weight is 378 g/mol. The van der Waals surface area contributed by atoms with Crippen molar-refractivity contribution in [3.8, 4) is 0 Å². The second-order valence-corrected chi connectivity index (χ2v) is 7.76. The number of allylic oxidation sites excluding steroid dienone is 1. The van der Waals surface area contributed by atoms with Crippen molar-refractivity contribution in [3.63, 3.8) is 0 Å². The summed E-state index contributed by atoms with van der Waals surface area (Å²) >= 11 is 1.60. The van der Waals surface area contributed by atoms with Crippen LogP contribution >= 0.6 is 11.8 Å². The van der Waals surface area contributed by atoms with E-state index >= 15 is 0 Å². The summed E-state index contributed by atoms with van der Waals surface area (Å²) in [5.41, 5.74) is 1.83. The molecule has 1 saturated heterocycles. The number of hydrogen-bond donors (Lipinski definition) is 2. The molecule has 142 valence electrons. The van der Waals surface area contributed by atoms with Gasteiger partial charge in [-0.05, 0) is 44.7 Å². The van der Waals surface area contributed by atoms with Gasteiger partial charge in [0.1, 0.15) is 0 Å². The molecule has 0 bridgehead atoms. The summed E-state index contributed by atoms with van der Waals surface area (Å²) in [6.45, 7) is 5.41. The zero-order chi connectivity index (χ0) is 18.9. The molecule has 1 aromatic carbocycles. The van der Waals surface area contributed by atoms with Crippen LogP contribution in [0.25, 0.3) is 0 Å². The van der Waals surface area contributed by atoms with Crippen LogP contribution in [0.15, 0.2) is 40.8 Å². The Bertz CT molecular complexity index is 649. The number of aliphatic carboxylic acids is 1. The molecule has 0 aromatic heterocycles. The predicted octanol–water partition coefficient (Wildman–Crippen LogP) is 3.60. The molecule has 6 heteroatoms. The van der Waals surface area contributed by atoms with Gasteiger partial charge in [-0.2, -0.15) is 0 Å². The largest absolute Gasteiger partial charge is 0.481 e. The zero-order valence-electron chi connectivity index (χ0n) is 15.4. The number of nitrogens with one attached hydrogen (secondary N) is 1. The number of rotatable bonds is 8. The van der Waals surface area contributed by atoms with E-state index < -0.39 is 11.9 Å². The third-order valence-corrected chi connectivity index (χ3v) is 5.50. The van der Waals surface area contributed by atoms with E-state index in [0.29, 0.717) is 18.8 Å². The summed E-state index contributed by atoms with van der Waals surface area (Å²) < 4.78 is 5.31. The van der Waals surface area contributed by atoms with Crippen LogP contribution < -0.4 is 5.32 Å². The monoisotopic (exact) mass is 377 g/mol. The van der Waals surface area contributed by atoms with Gasteiger partial charge in [0.25, 0.3) is 5.91 Å². The molecule has 2 N–H and O–H groups in total. The molecule has 0 aliphatic carbocycles. The van der Waals surface area contributed by atoms with E-state index in [0.717, 1.165) is 23.5 Å². The van der Waals surface area contributed by atoms with E-state index in [9.17, 15) is 14.7 Å². The molecule has 0 saturated carbocycles. The lowest BCUT2D eigenvalue weighted by Crippen LogP contribution is -2.39. The molecule has 1 amide bonds. The lowest BCUT2D eigenvalue weighted by molar-refractivity contribution is -0.144. The standard InChI is InChI=1S/C20H27NO4S/c1-14(2)9-12-26-18-6-4-3-5-16(18)19(22)21-13-17(20(23)24)15-7-10-25-11-8-15/h3-6,9,15,17H,7-8,10-13H2,1-2H3,(H,21,22)(H,23,24). The Kier molecular flexibility index (Phi) is 8.19. The van der Waals surface area contributed by atoms with Crippen molar-refractivity contribution in [3.05, 3.63) is 41.5 Å². The highest BCUT2D eigenvalue weighted by Gasteiger charge is 2.30. The average Bonchev–Trinajstić information content (AvgIpc) is 2.62. The molecular weight excluding hydrogens is 350 g/mol. The first kappa shape index (κ1) is 20.5. The normalized spacial score (nSPS) is 15.9. The fourth-order valence-electron chi connectivity index (χ4n) is 2.95. The molecule has 5 nitrogen and oxygen atoms in total. The summed E-state index contributed by atoms with van der Waals surface area (Å²) in [6, 6.07) is 7.44. The van der Waals surface area contributed by atoms with Gasteiger partial charge < -0.3 is 15.2 Å². The van der Waals surface area contributed by atoms with Gasteiger partial charge in [-0.1, -0.05) is 23.8 Å². The number of carboxylic acid groups (broad SMARTS) is 1. The molecule has 1 heterocycles. The summed E-state index contributed by atoms with van der Waals surface area (Å²) in [6.07, 6.45) is 3.56. The van der Waals surface area contributed by atoms with Crippen LogP contribution in [0.3, 0.4) is 0 Å².